The predicted molar refractivity (Wildman–Crippen MR) is 60.6 cm³/mol. The molecule has 7 heteroatoms. The number of aromatic nitrogens is 1. The maximum atomic E-state index is 11.3. The summed E-state index contributed by atoms with van der Waals surface area (Å²) in [6, 6.07) is -0.746. The van der Waals surface area contributed by atoms with Crippen LogP contribution in [0.3, 0.4) is 0 Å². The number of thiazole rings is 1. The lowest BCUT2D eigenvalue weighted by Gasteiger charge is -2.07. The lowest BCUT2D eigenvalue weighted by molar-refractivity contribution is -0.139. The SMILES string of the molecule is Cc1csc(NC(=O)CNC(C)C(=O)O)n1. The molecule has 0 spiro atoms. The molecule has 0 aliphatic carbocycles. The van der Waals surface area contributed by atoms with Gasteiger partial charge in [-0.25, -0.2) is 4.98 Å². The van der Waals surface area contributed by atoms with E-state index in [2.05, 4.69) is 15.6 Å². The Morgan fingerprint density at radius 3 is 2.81 bits per heavy atom. The number of amides is 1. The van der Waals surface area contributed by atoms with Gasteiger partial charge >= 0.3 is 5.97 Å². The minimum Gasteiger partial charge on any atom is -0.480 e. The Bertz CT molecular complexity index is 391. The summed E-state index contributed by atoms with van der Waals surface area (Å²) in [7, 11) is 0. The summed E-state index contributed by atoms with van der Waals surface area (Å²) in [5, 5.41) is 16.1. The Labute approximate surface area is 96.7 Å². The van der Waals surface area contributed by atoms with Crippen molar-refractivity contribution in [3.05, 3.63) is 11.1 Å². The topological polar surface area (TPSA) is 91.3 Å². The number of anilines is 1. The van der Waals surface area contributed by atoms with Gasteiger partial charge in [0.15, 0.2) is 5.13 Å². The van der Waals surface area contributed by atoms with Crippen molar-refractivity contribution in [1.82, 2.24) is 10.3 Å². The maximum Gasteiger partial charge on any atom is 0.320 e. The molecule has 0 saturated heterocycles. The van der Waals surface area contributed by atoms with Gasteiger partial charge in [0.1, 0.15) is 6.04 Å². The van der Waals surface area contributed by atoms with Gasteiger partial charge in [0.05, 0.1) is 12.2 Å². The highest BCUT2D eigenvalue weighted by Gasteiger charge is 2.12. The Morgan fingerprint density at radius 2 is 2.31 bits per heavy atom. The van der Waals surface area contributed by atoms with E-state index < -0.39 is 12.0 Å². The van der Waals surface area contributed by atoms with Crippen molar-refractivity contribution in [3.8, 4) is 0 Å². The number of aryl methyl sites for hydroxylation is 1. The number of carbonyl (C=O) groups is 2. The van der Waals surface area contributed by atoms with E-state index in [1.807, 2.05) is 12.3 Å². The van der Waals surface area contributed by atoms with Crippen LogP contribution in [0.2, 0.25) is 0 Å². The average Bonchev–Trinajstić information content (AvgIpc) is 2.60. The smallest absolute Gasteiger partial charge is 0.320 e. The van der Waals surface area contributed by atoms with E-state index in [0.717, 1.165) is 5.69 Å². The quantitative estimate of drug-likeness (QED) is 0.698. The second-order valence-electron chi connectivity index (χ2n) is 3.28. The lowest BCUT2D eigenvalue weighted by atomic mass is 10.3. The monoisotopic (exact) mass is 243 g/mol. The van der Waals surface area contributed by atoms with E-state index >= 15 is 0 Å². The molecule has 0 fully saturated rings. The van der Waals surface area contributed by atoms with Crippen LogP contribution < -0.4 is 10.6 Å². The van der Waals surface area contributed by atoms with Crippen LogP contribution in [0.25, 0.3) is 0 Å². The van der Waals surface area contributed by atoms with Crippen LogP contribution in [-0.2, 0) is 9.59 Å². The van der Waals surface area contributed by atoms with Crippen molar-refractivity contribution in [2.24, 2.45) is 0 Å². The second kappa shape index (κ2) is 5.57. The van der Waals surface area contributed by atoms with Gasteiger partial charge in [0.2, 0.25) is 5.91 Å². The summed E-state index contributed by atoms with van der Waals surface area (Å²) in [5.74, 6) is -1.29. The zero-order valence-corrected chi connectivity index (χ0v) is 9.80. The van der Waals surface area contributed by atoms with Crippen LogP contribution in [0.1, 0.15) is 12.6 Å². The molecule has 0 aromatic carbocycles. The molecule has 1 aromatic rings. The van der Waals surface area contributed by atoms with E-state index in [0.29, 0.717) is 5.13 Å². The first-order chi connectivity index (χ1) is 7.49. The minimum absolute atomic E-state index is 0.0495. The Balaban J connectivity index is 2.34. The third-order valence-electron chi connectivity index (χ3n) is 1.80. The summed E-state index contributed by atoms with van der Waals surface area (Å²) >= 11 is 1.33. The first kappa shape index (κ1) is 12.6. The van der Waals surface area contributed by atoms with E-state index in [9.17, 15) is 9.59 Å². The molecule has 0 bridgehead atoms. The number of rotatable bonds is 5. The molecule has 16 heavy (non-hydrogen) atoms. The number of hydrogen-bond acceptors (Lipinski definition) is 5. The zero-order chi connectivity index (χ0) is 12.1. The molecule has 1 amide bonds. The molecule has 1 unspecified atom stereocenters. The van der Waals surface area contributed by atoms with E-state index in [4.69, 9.17) is 5.11 Å². The predicted octanol–water partition coefficient (Wildman–Crippen LogP) is 0.453. The summed E-state index contributed by atoms with van der Waals surface area (Å²) in [5.41, 5.74) is 0.840. The van der Waals surface area contributed by atoms with Gasteiger partial charge in [-0.3, -0.25) is 14.9 Å². The summed E-state index contributed by atoms with van der Waals surface area (Å²) in [4.78, 5) is 25.9. The van der Waals surface area contributed by atoms with Gasteiger partial charge in [-0.05, 0) is 13.8 Å². The van der Waals surface area contributed by atoms with Crippen molar-refractivity contribution >= 4 is 28.3 Å². The van der Waals surface area contributed by atoms with Crippen LogP contribution >= 0.6 is 11.3 Å². The number of nitrogens with zero attached hydrogens (tertiary/aromatic N) is 1. The molecule has 3 N–H and O–H groups in total. The fraction of sp³-hybridized carbons (Fsp3) is 0.444. The average molecular weight is 243 g/mol. The molecule has 0 saturated carbocycles. The van der Waals surface area contributed by atoms with Crippen molar-refractivity contribution in [1.29, 1.82) is 0 Å². The summed E-state index contributed by atoms with van der Waals surface area (Å²) < 4.78 is 0. The second-order valence-corrected chi connectivity index (χ2v) is 4.14. The normalized spacial score (nSPS) is 12.1. The van der Waals surface area contributed by atoms with Crippen LogP contribution in [0.15, 0.2) is 5.38 Å². The molecule has 1 rings (SSSR count). The standard InChI is InChI=1S/C9H13N3O3S/c1-5-4-16-9(11-5)12-7(13)3-10-6(2)8(14)15/h4,6,10H,3H2,1-2H3,(H,14,15)(H,11,12,13). The Morgan fingerprint density at radius 1 is 1.62 bits per heavy atom. The van der Waals surface area contributed by atoms with Crippen molar-refractivity contribution in [3.63, 3.8) is 0 Å². The first-order valence-electron chi connectivity index (χ1n) is 4.67. The van der Waals surface area contributed by atoms with Gasteiger partial charge in [0.25, 0.3) is 0 Å². The minimum atomic E-state index is -0.988. The van der Waals surface area contributed by atoms with E-state index in [-0.39, 0.29) is 12.5 Å². The highest BCUT2D eigenvalue weighted by Crippen LogP contribution is 2.13. The molecular formula is C9H13N3O3S. The van der Waals surface area contributed by atoms with Gasteiger partial charge in [0, 0.05) is 5.38 Å². The highest BCUT2D eigenvalue weighted by molar-refractivity contribution is 7.13. The molecule has 1 heterocycles. The number of hydrogen-bond donors (Lipinski definition) is 3. The fourth-order valence-corrected chi connectivity index (χ4v) is 1.61. The van der Waals surface area contributed by atoms with Gasteiger partial charge in [-0.15, -0.1) is 11.3 Å². The van der Waals surface area contributed by atoms with Crippen LogP contribution in [-0.4, -0.2) is 34.6 Å². The largest absolute Gasteiger partial charge is 0.480 e. The number of carbonyl (C=O) groups excluding carboxylic acids is 1. The lowest BCUT2D eigenvalue weighted by Crippen LogP contribution is -2.39. The first-order valence-corrected chi connectivity index (χ1v) is 5.55. The van der Waals surface area contributed by atoms with E-state index in [1.54, 1.807) is 0 Å². The summed E-state index contributed by atoms with van der Waals surface area (Å²) in [6.07, 6.45) is 0. The third-order valence-corrected chi connectivity index (χ3v) is 2.68. The number of nitrogens with one attached hydrogen (secondary N) is 2. The van der Waals surface area contributed by atoms with Crippen LogP contribution in [0.4, 0.5) is 5.13 Å². The van der Waals surface area contributed by atoms with Crippen LogP contribution in [0.5, 0.6) is 0 Å². The molecule has 1 atom stereocenters. The maximum absolute atomic E-state index is 11.3. The molecule has 0 aliphatic rings. The van der Waals surface area contributed by atoms with Gasteiger partial charge in [-0.2, -0.15) is 0 Å². The Hall–Kier alpha value is -1.47. The van der Waals surface area contributed by atoms with Gasteiger partial charge in [-0.1, -0.05) is 0 Å². The zero-order valence-electron chi connectivity index (χ0n) is 8.98. The summed E-state index contributed by atoms with van der Waals surface area (Å²) in [6.45, 7) is 3.26. The molecular weight excluding hydrogens is 230 g/mol. The molecule has 88 valence electrons. The molecule has 0 aliphatic heterocycles. The van der Waals surface area contributed by atoms with Gasteiger partial charge < -0.3 is 10.4 Å². The van der Waals surface area contributed by atoms with Crippen molar-refractivity contribution < 1.29 is 14.7 Å². The molecule has 6 nitrogen and oxygen atoms in total. The van der Waals surface area contributed by atoms with Crippen molar-refractivity contribution in [2.45, 2.75) is 19.9 Å². The number of carboxylic acid groups (broad SMARTS) is 1. The molecule has 1 aromatic heterocycles. The van der Waals surface area contributed by atoms with Crippen LogP contribution in [0, 0.1) is 6.92 Å². The number of aliphatic carboxylic acids is 1. The highest BCUT2D eigenvalue weighted by atomic mass is 32.1. The third kappa shape index (κ3) is 3.95. The molecule has 0 radical (unpaired) electrons. The fourth-order valence-electron chi connectivity index (χ4n) is 0.908. The Kier molecular flexibility index (Phi) is 4.39. The van der Waals surface area contributed by atoms with Crippen molar-refractivity contribution in [2.75, 3.05) is 11.9 Å². The number of carboxylic acids is 1. The van der Waals surface area contributed by atoms with E-state index in [1.165, 1.54) is 18.3 Å².